The highest BCUT2D eigenvalue weighted by atomic mass is 32.2. The van der Waals surface area contributed by atoms with Crippen LogP contribution in [0.1, 0.15) is 25.3 Å². The van der Waals surface area contributed by atoms with Crippen LogP contribution in [0.2, 0.25) is 0 Å². The quantitative estimate of drug-likeness (QED) is 0.813. The standard InChI is InChI=1S/C14H21NS/c1-12(10-13-6-4-3-5-7-13)15-11-14(16-2)8-9-14/h3-7,12,15H,8-11H2,1-2H3. The Morgan fingerprint density at radius 1 is 1.31 bits per heavy atom. The monoisotopic (exact) mass is 235 g/mol. The molecule has 2 rings (SSSR count). The summed E-state index contributed by atoms with van der Waals surface area (Å²) in [6.45, 7) is 3.45. The first-order valence-electron chi connectivity index (χ1n) is 6.07. The lowest BCUT2D eigenvalue weighted by molar-refractivity contribution is 0.538. The minimum atomic E-state index is 0.574. The molecule has 1 nitrogen and oxygen atoms in total. The fraction of sp³-hybridized carbons (Fsp3) is 0.571. The average molecular weight is 235 g/mol. The van der Waals surface area contributed by atoms with Crippen molar-refractivity contribution in [1.82, 2.24) is 5.32 Å². The zero-order chi connectivity index (χ0) is 11.4. The maximum absolute atomic E-state index is 3.66. The van der Waals surface area contributed by atoms with Crippen molar-refractivity contribution in [2.45, 2.75) is 37.0 Å². The van der Waals surface area contributed by atoms with Gasteiger partial charge in [-0.05, 0) is 38.0 Å². The zero-order valence-corrected chi connectivity index (χ0v) is 11.0. The highest BCUT2D eigenvalue weighted by Crippen LogP contribution is 2.46. The number of nitrogens with one attached hydrogen (secondary N) is 1. The number of rotatable bonds is 6. The van der Waals surface area contributed by atoms with Gasteiger partial charge in [0.2, 0.25) is 0 Å². The van der Waals surface area contributed by atoms with Crippen LogP contribution in [0.5, 0.6) is 0 Å². The molecule has 0 saturated heterocycles. The van der Waals surface area contributed by atoms with Crippen LogP contribution in [0.25, 0.3) is 0 Å². The Balaban J connectivity index is 1.74. The van der Waals surface area contributed by atoms with E-state index in [1.54, 1.807) is 0 Å². The maximum Gasteiger partial charge on any atom is 0.0282 e. The van der Waals surface area contributed by atoms with Gasteiger partial charge < -0.3 is 5.32 Å². The van der Waals surface area contributed by atoms with E-state index in [0.29, 0.717) is 10.8 Å². The lowest BCUT2D eigenvalue weighted by atomic mass is 10.1. The molecule has 0 radical (unpaired) electrons. The van der Waals surface area contributed by atoms with E-state index in [1.165, 1.54) is 24.9 Å². The summed E-state index contributed by atoms with van der Waals surface area (Å²) in [6, 6.07) is 11.3. The molecule has 88 valence electrons. The first kappa shape index (κ1) is 12.0. The molecule has 1 saturated carbocycles. The Hall–Kier alpha value is -0.470. The second-order valence-corrected chi connectivity index (χ2v) is 6.13. The van der Waals surface area contributed by atoms with Crippen LogP contribution in [-0.2, 0) is 6.42 Å². The first-order chi connectivity index (χ1) is 7.74. The fourth-order valence-electron chi connectivity index (χ4n) is 1.99. The Kier molecular flexibility index (Phi) is 3.93. The Labute approximate surface area is 103 Å². The summed E-state index contributed by atoms with van der Waals surface area (Å²) >= 11 is 2.02. The molecule has 0 bridgehead atoms. The topological polar surface area (TPSA) is 12.0 Å². The van der Waals surface area contributed by atoms with Crippen LogP contribution in [0, 0.1) is 0 Å². The van der Waals surface area contributed by atoms with Gasteiger partial charge in [0.1, 0.15) is 0 Å². The number of hydrogen-bond donors (Lipinski definition) is 1. The molecule has 1 aromatic rings. The molecule has 2 heteroatoms. The van der Waals surface area contributed by atoms with Crippen molar-refractivity contribution in [2.75, 3.05) is 12.8 Å². The lowest BCUT2D eigenvalue weighted by Crippen LogP contribution is -2.34. The van der Waals surface area contributed by atoms with E-state index in [2.05, 4.69) is 48.8 Å². The number of hydrogen-bond acceptors (Lipinski definition) is 2. The molecule has 1 N–H and O–H groups in total. The van der Waals surface area contributed by atoms with Crippen molar-refractivity contribution in [3.05, 3.63) is 35.9 Å². The van der Waals surface area contributed by atoms with Crippen molar-refractivity contribution in [3.63, 3.8) is 0 Å². The van der Waals surface area contributed by atoms with Crippen molar-refractivity contribution in [1.29, 1.82) is 0 Å². The van der Waals surface area contributed by atoms with E-state index in [4.69, 9.17) is 0 Å². The van der Waals surface area contributed by atoms with Gasteiger partial charge in [0.15, 0.2) is 0 Å². The fourth-order valence-corrected chi connectivity index (χ4v) is 2.73. The lowest BCUT2D eigenvalue weighted by Gasteiger charge is -2.18. The van der Waals surface area contributed by atoms with E-state index >= 15 is 0 Å². The van der Waals surface area contributed by atoms with Gasteiger partial charge in [-0.2, -0.15) is 11.8 Å². The summed E-state index contributed by atoms with van der Waals surface area (Å²) in [7, 11) is 0. The van der Waals surface area contributed by atoms with Crippen LogP contribution >= 0.6 is 11.8 Å². The molecule has 1 unspecified atom stereocenters. The van der Waals surface area contributed by atoms with Crippen LogP contribution in [0.3, 0.4) is 0 Å². The van der Waals surface area contributed by atoms with Gasteiger partial charge in [-0.15, -0.1) is 0 Å². The normalized spacial score (nSPS) is 19.4. The van der Waals surface area contributed by atoms with Crippen molar-refractivity contribution >= 4 is 11.8 Å². The predicted octanol–water partition coefficient (Wildman–Crippen LogP) is 3.10. The van der Waals surface area contributed by atoms with Gasteiger partial charge in [0.25, 0.3) is 0 Å². The average Bonchev–Trinajstić information content (AvgIpc) is 3.09. The molecule has 0 amide bonds. The van der Waals surface area contributed by atoms with Crippen molar-refractivity contribution < 1.29 is 0 Å². The van der Waals surface area contributed by atoms with Gasteiger partial charge in [0, 0.05) is 17.3 Å². The van der Waals surface area contributed by atoms with E-state index < -0.39 is 0 Å². The molecule has 0 heterocycles. The predicted molar refractivity (Wildman–Crippen MR) is 73.1 cm³/mol. The molecule has 16 heavy (non-hydrogen) atoms. The third kappa shape index (κ3) is 3.26. The summed E-state index contributed by atoms with van der Waals surface area (Å²) in [4.78, 5) is 0. The minimum Gasteiger partial charge on any atom is -0.313 e. The number of benzene rings is 1. The number of thioether (sulfide) groups is 1. The van der Waals surface area contributed by atoms with E-state index in [0.717, 1.165) is 6.42 Å². The van der Waals surface area contributed by atoms with Crippen LogP contribution < -0.4 is 5.32 Å². The second-order valence-electron chi connectivity index (χ2n) is 4.86. The molecule has 1 aliphatic rings. The van der Waals surface area contributed by atoms with Gasteiger partial charge in [-0.25, -0.2) is 0 Å². The highest BCUT2D eigenvalue weighted by Gasteiger charge is 2.41. The van der Waals surface area contributed by atoms with Gasteiger partial charge >= 0.3 is 0 Å². The van der Waals surface area contributed by atoms with Gasteiger partial charge in [-0.1, -0.05) is 30.3 Å². The maximum atomic E-state index is 3.66. The Morgan fingerprint density at radius 3 is 2.56 bits per heavy atom. The van der Waals surface area contributed by atoms with Crippen LogP contribution in [-0.4, -0.2) is 23.6 Å². The molecule has 1 aliphatic carbocycles. The molecular formula is C14H21NS. The molecular weight excluding hydrogens is 214 g/mol. The summed E-state index contributed by atoms with van der Waals surface area (Å²) in [6.07, 6.45) is 6.14. The highest BCUT2D eigenvalue weighted by molar-refractivity contribution is 8.00. The van der Waals surface area contributed by atoms with Crippen LogP contribution in [0.4, 0.5) is 0 Å². The third-order valence-electron chi connectivity index (χ3n) is 3.40. The summed E-state index contributed by atoms with van der Waals surface area (Å²) < 4.78 is 0.574. The molecule has 1 atom stereocenters. The van der Waals surface area contributed by atoms with Gasteiger partial charge in [-0.3, -0.25) is 0 Å². The summed E-state index contributed by atoms with van der Waals surface area (Å²) in [5.41, 5.74) is 1.43. The SMILES string of the molecule is CSC1(CNC(C)Cc2ccccc2)CC1. The molecule has 1 fully saturated rings. The Bertz CT molecular complexity index is 319. The summed E-state index contributed by atoms with van der Waals surface area (Å²) in [5.74, 6) is 0. The van der Waals surface area contributed by atoms with E-state index in [-0.39, 0.29) is 0 Å². The Morgan fingerprint density at radius 2 is 2.00 bits per heavy atom. The van der Waals surface area contributed by atoms with Crippen LogP contribution in [0.15, 0.2) is 30.3 Å². The zero-order valence-electron chi connectivity index (χ0n) is 10.2. The van der Waals surface area contributed by atoms with Gasteiger partial charge in [0.05, 0.1) is 0 Å². The minimum absolute atomic E-state index is 0.574. The molecule has 0 spiro atoms. The van der Waals surface area contributed by atoms with E-state index in [9.17, 15) is 0 Å². The van der Waals surface area contributed by atoms with Crippen molar-refractivity contribution in [3.8, 4) is 0 Å². The smallest absolute Gasteiger partial charge is 0.0282 e. The largest absolute Gasteiger partial charge is 0.313 e. The molecule has 0 aromatic heterocycles. The third-order valence-corrected chi connectivity index (χ3v) is 4.82. The second kappa shape index (κ2) is 5.24. The molecule has 1 aromatic carbocycles. The first-order valence-corrected chi connectivity index (χ1v) is 7.29. The summed E-state index contributed by atoms with van der Waals surface area (Å²) in [5, 5.41) is 3.66. The van der Waals surface area contributed by atoms with E-state index in [1.807, 2.05) is 11.8 Å². The molecule has 0 aliphatic heterocycles. The van der Waals surface area contributed by atoms with Crippen molar-refractivity contribution in [2.24, 2.45) is 0 Å².